The van der Waals surface area contributed by atoms with Crippen LogP contribution in [0.5, 0.6) is 5.75 Å². The summed E-state index contributed by atoms with van der Waals surface area (Å²) in [5.41, 5.74) is 4.44. The molecule has 1 aliphatic rings. The lowest BCUT2D eigenvalue weighted by molar-refractivity contribution is 0.190. The highest BCUT2D eigenvalue weighted by molar-refractivity contribution is 9.10. The molecular weight excluding hydrogens is 282 g/mol. The molecule has 17 heavy (non-hydrogen) atoms. The Bertz CT molecular complexity index is 386. The van der Waals surface area contributed by atoms with Crippen molar-refractivity contribution in [3.05, 3.63) is 22.4 Å². The lowest BCUT2D eigenvalue weighted by Crippen LogP contribution is -2.34. The van der Waals surface area contributed by atoms with Crippen molar-refractivity contribution in [2.24, 2.45) is 0 Å². The molecule has 0 bridgehead atoms. The molecule has 0 saturated carbocycles. The molecule has 1 atom stereocenters. The van der Waals surface area contributed by atoms with Gasteiger partial charge in [-0.05, 0) is 54.4 Å². The number of hydrogen-bond acceptors (Lipinski definition) is 4. The van der Waals surface area contributed by atoms with E-state index >= 15 is 0 Å². The first kappa shape index (κ1) is 12.8. The van der Waals surface area contributed by atoms with Gasteiger partial charge in [0.1, 0.15) is 4.60 Å². The molecule has 0 aliphatic carbocycles. The van der Waals surface area contributed by atoms with Crippen molar-refractivity contribution < 1.29 is 4.74 Å². The van der Waals surface area contributed by atoms with Crippen LogP contribution in [0.1, 0.15) is 31.4 Å². The van der Waals surface area contributed by atoms with Gasteiger partial charge in [0, 0.05) is 12.7 Å². The Labute approximate surface area is 110 Å². The molecule has 1 aliphatic heterocycles. The standard InChI is InChI=1S/C12H18BrN3O/c1-3-17-11-7-9(8-15-12(11)13)10-5-4-6-16(10)14-2/h7-8,10,14H,3-6H2,1-2H3/t10-/m0/s1. The number of rotatable bonds is 4. The van der Waals surface area contributed by atoms with Crippen LogP contribution in [0.15, 0.2) is 16.9 Å². The van der Waals surface area contributed by atoms with Gasteiger partial charge < -0.3 is 4.74 Å². The number of nitrogens with zero attached hydrogens (tertiary/aromatic N) is 2. The number of hydrazine groups is 1. The quantitative estimate of drug-likeness (QED) is 0.867. The van der Waals surface area contributed by atoms with Crippen molar-refractivity contribution in [2.75, 3.05) is 20.2 Å². The number of nitrogens with one attached hydrogen (secondary N) is 1. The van der Waals surface area contributed by atoms with Gasteiger partial charge in [-0.15, -0.1) is 0 Å². The largest absolute Gasteiger partial charge is 0.491 e. The third-order valence-corrected chi connectivity index (χ3v) is 3.65. The van der Waals surface area contributed by atoms with E-state index in [1.165, 1.54) is 12.0 Å². The SMILES string of the molecule is CCOc1cc([C@@H]2CCCN2NC)cnc1Br. The number of ether oxygens (including phenoxy) is 1. The molecule has 1 saturated heterocycles. The summed E-state index contributed by atoms with van der Waals surface area (Å²) in [5.74, 6) is 0.827. The minimum Gasteiger partial charge on any atom is -0.491 e. The van der Waals surface area contributed by atoms with Crippen molar-refractivity contribution in [1.82, 2.24) is 15.4 Å². The molecule has 0 radical (unpaired) electrons. The van der Waals surface area contributed by atoms with Gasteiger partial charge in [-0.1, -0.05) is 0 Å². The monoisotopic (exact) mass is 299 g/mol. The first-order chi connectivity index (χ1) is 8.26. The zero-order chi connectivity index (χ0) is 12.3. The van der Waals surface area contributed by atoms with E-state index in [2.05, 4.69) is 37.4 Å². The lowest BCUT2D eigenvalue weighted by atomic mass is 10.1. The van der Waals surface area contributed by atoms with E-state index in [1.54, 1.807) is 0 Å². The lowest BCUT2D eigenvalue weighted by Gasteiger charge is -2.23. The average molecular weight is 300 g/mol. The Morgan fingerprint density at radius 2 is 2.47 bits per heavy atom. The summed E-state index contributed by atoms with van der Waals surface area (Å²) in [5, 5.41) is 2.25. The van der Waals surface area contributed by atoms with Crippen LogP contribution in [-0.2, 0) is 0 Å². The van der Waals surface area contributed by atoms with E-state index in [0.717, 1.165) is 23.3 Å². The fraction of sp³-hybridized carbons (Fsp3) is 0.583. The molecule has 0 spiro atoms. The zero-order valence-corrected chi connectivity index (χ0v) is 11.8. The summed E-state index contributed by atoms with van der Waals surface area (Å²) >= 11 is 3.41. The fourth-order valence-electron chi connectivity index (χ4n) is 2.26. The molecule has 2 rings (SSSR count). The molecule has 5 heteroatoms. The van der Waals surface area contributed by atoms with Gasteiger partial charge in [-0.25, -0.2) is 9.99 Å². The molecule has 0 unspecified atom stereocenters. The third-order valence-electron chi connectivity index (χ3n) is 3.05. The Morgan fingerprint density at radius 1 is 1.65 bits per heavy atom. The summed E-state index contributed by atoms with van der Waals surface area (Å²) in [4.78, 5) is 4.35. The van der Waals surface area contributed by atoms with E-state index in [1.807, 2.05) is 20.2 Å². The summed E-state index contributed by atoms with van der Waals surface area (Å²) in [6.07, 6.45) is 4.30. The van der Waals surface area contributed by atoms with E-state index in [0.29, 0.717) is 12.6 Å². The van der Waals surface area contributed by atoms with Crippen LogP contribution < -0.4 is 10.2 Å². The van der Waals surface area contributed by atoms with E-state index in [-0.39, 0.29) is 0 Å². The Hall–Kier alpha value is -0.650. The van der Waals surface area contributed by atoms with Crippen LogP contribution in [-0.4, -0.2) is 30.2 Å². The maximum atomic E-state index is 5.56. The highest BCUT2D eigenvalue weighted by atomic mass is 79.9. The van der Waals surface area contributed by atoms with Crippen molar-refractivity contribution >= 4 is 15.9 Å². The van der Waals surface area contributed by atoms with Crippen LogP contribution in [0.2, 0.25) is 0 Å². The second kappa shape index (κ2) is 5.80. The van der Waals surface area contributed by atoms with Gasteiger partial charge in [-0.3, -0.25) is 5.43 Å². The summed E-state index contributed by atoms with van der Waals surface area (Å²) in [7, 11) is 1.97. The van der Waals surface area contributed by atoms with Gasteiger partial charge in [0.25, 0.3) is 0 Å². The van der Waals surface area contributed by atoms with Crippen LogP contribution in [0, 0.1) is 0 Å². The maximum Gasteiger partial charge on any atom is 0.152 e. The van der Waals surface area contributed by atoms with Gasteiger partial charge >= 0.3 is 0 Å². The molecule has 4 nitrogen and oxygen atoms in total. The molecular formula is C12H18BrN3O. The molecule has 1 aromatic heterocycles. The highest BCUT2D eigenvalue weighted by Crippen LogP contribution is 2.33. The fourth-order valence-corrected chi connectivity index (χ4v) is 2.59. The Morgan fingerprint density at radius 3 is 3.18 bits per heavy atom. The predicted octanol–water partition coefficient (Wildman–Crippen LogP) is 2.51. The van der Waals surface area contributed by atoms with Crippen LogP contribution in [0.25, 0.3) is 0 Å². The van der Waals surface area contributed by atoms with E-state index < -0.39 is 0 Å². The number of halogens is 1. The molecule has 1 N–H and O–H groups in total. The third kappa shape index (κ3) is 2.78. The van der Waals surface area contributed by atoms with E-state index in [4.69, 9.17) is 4.74 Å². The number of aromatic nitrogens is 1. The first-order valence-corrected chi connectivity index (χ1v) is 6.77. The van der Waals surface area contributed by atoms with Crippen LogP contribution in [0.4, 0.5) is 0 Å². The topological polar surface area (TPSA) is 37.4 Å². The molecule has 1 aromatic rings. The predicted molar refractivity (Wildman–Crippen MR) is 70.8 cm³/mol. The van der Waals surface area contributed by atoms with Gasteiger partial charge in [0.05, 0.1) is 12.6 Å². The molecule has 94 valence electrons. The summed E-state index contributed by atoms with van der Waals surface area (Å²) in [6, 6.07) is 2.49. The molecule has 2 heterocycles. The highest BCUT2D eigenvalue weighted by Gasteiger charge is 2.25. The Balaban J connectivity index is 2.23. The van der Waals surface area contributed by atoms with Crippen molar-refractivity contribution in [2.45, 2.75) is 25.8 Å². The molecule has 1 fully saturated rings. The molecule has 0 aromatic carbocycles. The smallest absolute Gasteiger partial charge is 0.152 e. The van der Waals surface area contributed by atoms with Crippen molar-refractivity contribution in [3.63, 3.8) is 0 Å². The minimum atomic E-state index is 0.403. The zero-order valence-electron chi connectivity index (χ0n) is 10.2. The Kier molecular flexibility index (Phi) is 4.36. The first-order valence-electron chi connectivity index (χ1n) is 5.98. The maximum absolute atomic E-state index is 5.56. The summed E-state index contributed by atoms with van der Waals surface area (Å²) < 4.78 is 6.33. The second-order valence-corrected chi connectivity index (χ2v) is 4.82. The number of pyridine rings is 1. The average Bonchev–Trinajstić information content (AvgIpc) is 2.80. The van der Waals surface area contributed by atoms with Gasteiger partial charge in [-0.2, -0.15) is 0 Å². The van der Waals surface area contributed by atoms with E-state index in [9.17, 15) is 0 Å². The van der Waals surface area contributed by atoms with Crippen molar-refractivity contribution in [1.29, 1.82) is 0 Å². The van der Waals surface area contributed by atoms with Crippen LogP contribution >= 0.6 is 15.9 Å². The van der Waals surface area contributed by atoms with Crippen LogP contribution in [0.3, 0.4) is 0 Å². The van der Waals surface area contributed by atoms with Gasteiger partial charge in [0.15, 0.2) is 5.75 Å². The van der Waals surface area contributed by atoms with Crippen molar-refractivity contribution in [3.8, 4) is 5.75 Å². The summed E-state index contributed by atoms with van der Waals surface area (Å²) in [6.45, 7) is 3.72. The molecule has 0 amide bonds. The van der Waals surface area contributed by atoms with Gasteiger partial charge in [0.2, 0.25) is 0 Å². The second-order valence-electron chi connectivity index (χ2n) is 4.07. The normalized spacial score (nSPS) is 20.8. The minimum absolute atomic E-state index is 0.403. The number of hydrogen-bond donors (Lipinski definition) is 1.